The molecule has 354 valence electrons. The normalized spacial score (nSPS) is 13.2. The lowest BCUT2D eigenvalue weighted by Gasteiger charge is -2.23. The number of halogens is 2. The van der Waals surface area contributed by atoms with Crippen molar-refractivity contribution in [3.8, 4) is 20.9 Å². The van der Waals surface area contributed by atoms with E-state index in [0.29, 0.717) is 23.6 Å². The second kappa shape index (κ2) is 32.4. The van der Waals surface area contributed by atoms with Gasteiger partial charge in [-0.2, -0.15) is 0 Å². The van der Waals surface area contributed by atoms with Gasteiger partial charge in [0.1, 0.15) is 0 Å². The summed E-state index contributed by atoms with van der Waals surface area (Å²) in [6.07, 6.45) is 43.3. The number of aryl methyl sites for hydroxylation is 2. The minimum absolute atomic E-state index is 0.0877. The first-order valence-corrected chi connectivity index (χ1v) is 29.7. The molecule has 0 radical (unpaired) electrons. The number of benzene rings is 1. The highest BCUT2D eigenvalue weighted by atomic mass is 79.9. The summed E-state index contributed by atoms with van der Waals surface area (Å²) in [6.45, 7) is 9.64. The van der Waals surface area contributed by atoms with Crippen molar-refractivity contribution in [3.63, 3.8) is 0 Å². The number of thiophene rings is 2. The molecule has 0 spiro atoms. The van der Waals surface area contributed by atoms with Gasteiger partial charge in [-0.05, 0) is 99.6 Å². The van der Waals surface area contributed by atoms with Crippen LogP contribution in [0.3, 0.4) is 0 Å². The summed E-state index contributed by atoms with van der Waals surface area (Å²) in [5.41, 5.74) is 5.75. The number of carbonyl (C=O) groups is 2. The minimum Gasteiger partial charge on any atom is -0.274 e. The Morgan fingerprint density at radius 1 is 0.444 bits per heavy atom. The van der Waals surface area contributed by atoms with E-state index in [1.165, 1.54) is 204 Å². The molecule has 1 atom stereocenters. The molecule has 63 heavy (non-hydrogen) atoms. The van der Waals surface area contributed by atoms with E-state index in [1.807, 2.05) is 0 Å². The molecule has 1 unspecified atom stereocenters. The predicted octanol–water partition coefficient (Wildman–Crippen LogP) is 20.5. The van der Waals surface area contributed by atoms with Crippen molar-refractivity contribution in [1.29, 1.82) is 0 Å². The fourth-order valence-corrected chi connectivity index (χ4v) is 13.3. The quantitative estimate of drug-likeness (QED) is 0.0424. The Hall–Kier alpha value is -1.28. The maximum Gasteiger partial charge on any atom is 0.262 e. The van der Waals surface area contributed by atoms with E-state index in [4.69, 9.17) is 0 Å². The van der Waals surface area contributed by atoms with Gasteiger partial charge in [0.05, 0.1) is 18.7 Å². The summed E-state index contributed by atoms with van der Waals surface area (Å²) < 4.78 is 2.31. The van der Waals surface area contributed by atoms with Crippen LogP contribution in [-0.4, -0.2) is 23.3 Å². The third-order valence-corrected chi connectivity index (χ3v) is 17.6. The highest BCUT2D eigenvalue weighted by Gasteiger charge is 2.41. The van der Waals surface area contributed by atoms with E-state index < -0.39 is 0 Å². The average Bonchev–Trinajstić information content (AvgIpc) is 3.92. The highest BCUT2D eigenvalue weighted by Crippen LogP contribution is 2.46. The van der Waals surface area contributed by atoms with E-state index in [-0.39, 0.29) is 11.8 Å². The Morgan fingerprint density at radius 3 is 1.10 bits per heavy atom. The van der Waals surface area contributed by atoms with Crippen LogP contribution in [0.4, 0.5) is 0 Å². The number of carbonyl (C=O) groups excluding carboxylic acids is 2. The molecule has 0 bridgehead atoms. The molecule has 0 saturated carbocycles. The van der Waals surface area contributed by atoms with Gasteiger partial charge in [-0.15, -0.1) is 22.7 Å². The van der Waals surface area contributed by atoms with Gasteiger partial charge >= 0.3 is 0 Å². The molecular weight excluding hydrogens is 943 g/mol. The zero-order valence-electron chi connectivity index (χ0n) is 40.5. The molecule has 3 aromatic rings. The monoisotopic (exact) mass is 1030 g/mol. The first kappa shape index (κ1) is 54.3. The van der Waals surface area contributed by atoms with E-state index in [1.54, 1.807) is 27.6 Å². The summed E-state index contributed by atoms with van der Waals surface area (Å²) in [6, 6.07) is 8.91. The molecule has 3 nitrogen and oxygen atoms in total. The molecule has 0 saturated heterocycles. The van der Waals surface area contributed by atoms with Crippen LogP contribution in [0.2, 0.25) is 0 Å². The first-order chi connectivity index (χ1) is 30.8. The van der Waals surface area contributed by atoms with Gasteiger partial charge in [-0.1, -0.05) is 220 Å². The topological polar surface area (TPSA) is 37.4 Å². The lowest BCUT2D eigenvalue weighted by atomic mass is 9.93. The molecule has 1 aliphatic rings. The first-order valence-electron chi connectivity index (χ1n) is 26.4. The molecule has 4 rings (SSSR count). The molecule has 2 amide bonds. The van der Waals surface area contributed by atoms with Crippen molar-refractivity contribution in [2.24, 2.45) is 5.92 Å². The molecule has 2 aromatic heterocycles. The number of nitrogens with zero attached hydrogens (tertiary/aromatic N) is 1. The maximum atomic E-state index is 14.9. The van der Waals surface area contributed by atoms with Gasteiger partial charge < -0.3 is 0 Å². The summed E-state index contributed by atoms with van der Waals surface area (Å²) in [7, 11) is 0. The minimum atomic E-state index is -0.0877. The number of hydrogen-bond acceptors (Lipinski definition) is 4. The second-order valence-electron chi connectivity index (χ2n) is 19.1. The van der Waals surface area contributed by atoms with Crippen molar-refractivity contribution < 1.29 is 9.59 Å². The zero-order chi connectivity index (χ0) is 45.1. The Labute approximate surface area is 411 Å². The fourth-order valence-electron chi connectivity index (χ4n) is 9.67. The van der Waals surface area contributed by atoms with Gasteiger partial charge in [0.25, 0.3) is 11.8 Å². The van der Waals surface area contributed by atoms with Crippen molar-refractivity contribution in [1.82, 2.24) is 4.90 Å². The number of fused-ring (bicyclic) bond motifs is 1. The highest BCUT2D eigenvalue weighted by molar-refractivity contribution is 9.11. The van der Waals surface area contributed by atoms with Gasteiger partial charge in [-0.3, -0.25) is 14.5 Å². The van der Waals surface area contributed by atoms with E-state index in [2.05, 4.69) is 83.8 Å². The number of amides is 2. The molecule has 0 N–H and O–H groups in total. The Kier molecular flexibility index (Phi) is 28.0. The summed E-state index contributed by atoms with van der Waals surface area (Å²) in [5, 5.41) is 0. The third kappa shape index (κ3) is 18.7. The molecule has 3 heterocycles. The summed E-state index contributed by atoms with van der Waals surface area (Å²) in [5.74, 6) is 0.167. The standard InChI is InChI=1S/C56H87Br2NO2S2/c1-5-9-13-17-20-22-24-26-29-33-37-45-41-49(62-53(45)57)47-39-40-48(50-42-46(54(58)63-50)38-34-30-27-25-23-21-18-14-10-6-2)52-51(47)55(60)59(56(52)61)43-44(35-31-16-12-8-4)36-32-28-19-15-11-7-3/h39-42,44H,5-38,43H2,1-4H3. The maximum absolute atomic E-state index is 14.9. The van der Waals surface area contributed by atoms with Crippen LogP contribution in [0.25, 0.3) is 20.9 Å². The van der Waals surface area contributed by atoms with Crippen molar-refractivity contribution in [2.45, 2.75) is 246 Å². The van der Waals surface area contributed by atoms with E-state index in [9.17, 15) is 9.59 Å². The van der Waals surface area contributed by atoms with Crippen LogP contribution in [0.5, 0.6) is 0 Å². The van der Waals surface area contributed by atoms with E-state index in [0.717, 1.165) is 54.1 Å². The SMILES string of the molecule is CCCCCCCCCCCCc1cc(-c2ccc(-c3cc(CCCCCCCCCCCC)c(Br)s3)c3c2C(=O)N(CC(CCCCCC)CCCCCCCC)C3=O)sc1Br. The van der Waals surface area contributed by atoms with Gasteiger partial charge in [0, 0.05) is 27.4 Å². The molecule has 0 aliphatic carbocycles. The lowest BCUT2D eigenvalue weighted by Crippen LogP contribution is -2.34. The predicted molar refractivity (Wildman–Crippen MR) is 285 cm³/mol. The molecular formula is C56H87Br2NO2S2. The largest absolute Gasteiger partial charge is 0.274 e. The van der Waals surface area contributed by atoms with Crippen LogP contribution >= 0.6 is 54.5 Å². The number of rotatable bonds is 38. The molecule has 1 aromatic carbocycles. The molecule has 1 aliphatic heterocycles. The Morgan fingerprint density at radius 2 is 0.746 bits per heavy atom. The van der Waals surface area contributed by atoms with Gasteiger partial charge in [0.2, 0.25) is 0 Å². The van der Waals surface area contributed by atoms with Crippen LogP contribution in [0, 0.1) is 5.92 Å². The van der Waals surface area contributed by atoms with Crippen molar-refractivity contribution in [3.05, 3.63) is 54.1 Å². The number of hydrogen-bond donors (Lipinski definition) is 0. The number of imide groups is 1. The smallest absolute Gasteiger partial charge is 0.262 e. The fraction of sp³-hybridized carbons (Fsp3) is 0.714. The molecule has 7 heteroatoms. The second-order valence-corrected chi connectivity index (χ2v) is 23.8. The van der Waals surface area contributed by atoms with Crippen LogP contribution in [-0.2, 0) is 12.8 Å². The number of unbranched alkanes of at least 4 members (excludes halogenated alkanes) is 26. The van der Waals surface area contributed by atoms with Crippen molar-refractivity contribution >= 4 is 66.3 Å². The zero-order valence-corrected chi connectivity index (χ0v) is 45.3. The lowest BCUT2D eigenvalue weighted by molar-refractivity contribution is 0.0622. The summed E-state index contributed by atoms with van der Waals surface area (Å²) in [4.78, 5) is 33.6. The third-order valence-electron chi connectivity index (χ3n) is 13.6. The Bertz CT molecular complexity index is 1620. The van der Waals surface area contributed by atoms with Gasteiger partial charge in [0.15, 0.2) is 0 Å². The average molecular weight is 1030 g/mol. The van der Waals surface area contributed by atoms with E-state index >= 15 is 0 Å². The van der Waals surface area contributed by atoms with Crippen LogP contribution in [0.15, 0.2) is 31.8 Å². The Balaban J connectivity index is 1.52. The molecule has 0 fully saturated rings. The van der Waals surface area contributed by atoms with Gasteiger partial charge in [-0.25, -0.2) is 0 Å². The summed E-state index contributed by atoms with van der Waals surface area (Å²) >= 11 is 11.3. The van der Waals surface area contributed by atoms with Crippen molar-refractivity contribution in [2.75, 3.05) is 6.54 Å². The van der Waals surface area contributed by atoms with Crippen LogP contribution in [0.1, 0.15) is 265 Å². The van der Waals surface area contributed by atoms with Crippen LogP contribution < -0.4 is 0 Å².